The molecule has 0 aliphatic carbocycles. The molecule has 5 nitrogen and oxygen atoms in total. The first-order chi connectivity index (χ1) is 8.92. The molecule has 0 aliphatic heterocycles. The standard InChI is InChI=1S/C11H9BrFNO4S/c12-7-1-3-10(9(13)5-7)14-19(16,17)11-4-2-8(6-15)18-11/h1-5,14-15H,6H2. The zero-order valence-electron chi connectivity index (χ0n) is 9.43. The van der Waals surface area contributed by atoms with E-state index in [1.165, 1.54) is 24.3 Å². The van der Waals surface area contributed by atoms with Gasteiger partial charge in [-0.2, -0.15) is 8.42 Å². The van der Waals surface area contributed by atoms with E-state index in [9.17, 15) is 12.8 Å². The van der Waals surface area contributed by atoms with Crippen LogP contribution >= 0.6 is 15.9 Å². The highest BCUT2D eigenvalue weighted by molar-refractivity contribution is 9.10. The minimum atomic E-state index is -4.02. The molecule has 0 saturated carbocycles. The van der Waals surface area contributed by atoms with Crippen LogP contribution in [-0.4, -0.2) is 13.5 Å². The van der Waals surface area contributed by atoms with Crippen molar-refractivity contribution in [3.05, 3.63) is 46.4 Å². The van der Waals surface area contributed by atoms with Crippen molar-refractivity contribution in [1.82, 2.24) is 0 Å². The van der Waals surface area contributed by atoms with Crippen LogP contribution in [0.3, 0.4) is 0 Å². The molecule has 0 amide bonds. The van der Waals surface area contributed by atoms with Gasteiger partial charge in [-0.15, -0.1) is 0 Å². The van der Waals surface area contributed by atoms with Crippen molar-refractivity contribution in [3.63, 3.8) is 0 Å². The number of aliphatic hydroxyl groups is 1. The third-order valence-electron chi connectivity index (χ3n) is 2.23. The molecular weight excluding hydrogens is 341 g/mol. The molecule has 0 unspecified atom stereocenters. The third-order valence-corrected chi connectivity index (χ3v) is 3.96. The Morgan fingerprint density at radius 3 is 2.63 bits per heavy atom. The molecule has 2 rings (SSSR count). The van der Waals surface area contributed by atoms with E-state index in [4.69, 9.17) is 9.52 Å². The first kappa shape index (κ1) is 14.0. The van der Waals surface area contributed by atoms with Gasteiger partial charge in [-0.25, -0.2) is 4.39 Å². The molecule has 2 aromatic rings. The summed E-state index contributed by atoms with van der Waals surface area (Å²) >= 11 is 3.07. The number of furan rings is 1. The average Bonchev–Trinajstić information content (AvgIpc) is 2.82. The van der Waals surface area contributed by atoms with Crippen LogP contribution < -0.4 is 4.72 Å². The van der Waals surface area contributed by atoms with Gasteiger partial charge in [-0.1, -0.05) is 15.9 Å². The molecule has 0 radical (unpaired) electrons. The lowest BCUT2D eigenvalue weighted by Crippen LogP contribution is -2.13. The second-order valence-electron chi connectivity index (χ2n) is 3.61. The number of rotatable bonds is 4. The first-order valence-electron chi connectivity index (χ1n) is 5.10. The lowest BCUT2D eigenvalue weighted by atomic mass is 10.3. The molecule has 0 atom stereocenters. The number of aliphatic hydroxyl groups excluding tert-OH is 1. The molecule has 1 aromatic heterocycles. The number of sulfonamides is 1. The summed E-state index contributed by atoms with van der Waals surface area (Å²) in [5.74, 6) is -0.608. The normalized spacial score (nSPS) is 11.5. The molecule has 1 heterocycles. The largest absolute Gasteiger partial charge is 0.445 e. The molecule has 0 spiro atoms. The second kappa shape index (κ2) is 5.32. The van der Waals surface area contributed by atoms with E-state index < -0.39 is 22.4 Å². The van der Waals surface area contributed by atoms with Crippen molar-refractivity contribution in [2.45, 2.75) is 11.7 Å². The topological polar surface area (TPSA) is 79.5 Å². The summed E-state index contributed by atoms with van der Waals surface area (Å²) in [6, 6.07) is 6.44. The van der Waals surface area contributed by atoms with E-state index in [1.54, 1.807) is 0 Å². The van der Waals surface area contributed by atoms with Gasteiger partial charge in [-0.05, 0) is 30.3 Å². The molecule has 8 heteroatoms. The SMILES string of the molecule is O=S(=O)(Nc1ccc(Br)cc1F)c1ccc(CO)o1. The highest BCUT2D eigenvalue weighted by Crippen LogP contribution is 2.23. The van der Waals surface area contributed by atoms with E-state index in [-0.39, 0.29) is 16.5 Å². The summed E-state index contributed by atoms with van der Waals surface area (Å²) in [6.45, 7) is -0.415. The predicted molar refractivity (Wildman–Crippen MR) is 69.5 cm³/mol. The Morgan fingerprint density at radius 2 is 2.05 bits per heavy atom. The third kappa shape index (κ3) is 3.14. The monoisotopic (exact) mass is 349 g/mol. The highest BCUT2D eigenvalue weighted by atomic mass is 79.9. The van der Waals surface area contributed by atoms with Crippen molar-refractivity contribution >= 4 is 31.6 Å². The zero-order chi connectivity index (χ0) is 14.0. The van der Waals surface area contributed by atoms with Crippen LogP contribution in [0.5, 0.6) is 0 Å². The maximum Gasteiger partial charge on any atom is 0.295 e. The second-order valence-corrected chi connectivity index (χ2v) is 6.14. The lowest BCUT2D eigenvalue weighted by molar-refractivity contribution is 0.236. The number of halogens is 2. The van der Waals surface area contributed by atoms with Crippen LogP contribution in [0.15, 0.2) is 44.3 Å². The summed E-state index contributed by atoms with van der Waals surface area (Å²) in [7, 11) is -4.02. The molecule has 0 saturated heterocycles. The van der Waals surface area contributed by atoms with E-state index in [1.807, 2.05) is 0 Å². The Bertz CT molecular complexity index is 698. The van der Waals surface area contributed by atoms with Crippen LogP contribution in [-0.2, 0) is 16.6 Å². The van der Waals surface area contributed by atoms with Gasteiger partial charge >= 0.3 is 0 Å². The Labute approximate surface area is 117 Å². The summed E-state index contributed by atoms with van der Waals surface area (Å²) in [5, 5.41) is 8.42. The van der Waals surface area contributed by atoms with Crippen LogP contribution in [0.25, 0.3) is 0 Å². The maximum absolute atomic E-state index is 13.5. The van der Waals surface area contributed by atoms with Gasteiger partial charge in [0, 0.05) is 4.47 Å². The molecule has 2 N–H and O–H groups in total. The molecule has 0 aliphatic rings. The van der Waals surface area contributed by atoms with Crippen molar-refractivity contribution in [2.75, 3.05) is 4.72 Å². The zero-order valence-corrected chi connectivity index (χ0v) is 11.8. The van der Waals surface area contributed by atoms with E-state index in [0.29, 0.717) is 4.47 Å². The van der Waals surface area contributed by atoms with Crippen molar-refractivity contribution in [3.8, 4) is 0 Å². The minimum absolute atomic E-state index is 0.108. The summed E-state index contributed by atoms with van der Waals surface area (Å²) in [4.78, 5) is 0. The number of anilines is 1. The average molecular weight is 350 g/mol. The van der Waals surface area contributed by atoms with Crippen LogP contribution in [0, 0.1) is 5.82 Å². The Balaban J connectivity index is 2.30. The van der Waals surface area contributed by atoms with Gasteiger partial charge in [0.05, 0.1) is 5.69 Å². The molecular formula is C11H9BrFNO4S. The quantitative estimate of drug-likeness (QED) is 0.888. The summed E-state index contributed by atoms with van der Waals surface area (Å²) < 4.78 is 44.8. The highest BCUT2D eigenvalue weighted by Gasteiger charge is 2.20. The molecule has 102 valence electrons. The number of benzene rings is 1. The van der Waals surface area contributed by atoms with E-state index >= 15 is 0 Å². The number of hydrogen-bond donors (Lipinski definition) is 2. The molecule has 1 aromatic carbocycles. The summed E-state index contributed by atoms with van der Waals surface area (Å²) in [5.41, 5.74) is -0.190. The fourth-order valence-corrected chi connectivity index (χ4v) is 2.71. The number of hydrogen-bond acceptors (Lipinski definition) is 4. The summed E-state index contributed by atoms with van der Waals surface area (Å²) in [6.07, 6.45) is 0. The fraction of sp³-hybridized carbons (Fsp3) is 0.0909. The van der Waals surface area contributed by atoms with Gasteiger partial charge in [-0.3, -0.25) is 4.72 Å². The predicted octanol–water partition coefficient (Wildman–Crippen LogP) is 2.47. The van der Waals surface area contributed by atoms with Crippen LogP contribution in [0.4, 0.5) is 10.1 Å². The Morgan fingerprint density at radius 1 is 1.32 bits per heavy atom. The van der Waals surface area contributed by atoms with Crippen molar-refractivity contribution < 1.29 is 22.3 Å². The molecule has 0 fully saturated rings. The number of nitrogens with one attached hydrogen (secondary N) is 1. The molecule has 0 bridgehead atoms. The Kier molecular flexibility index (Phi) is 3.93. The van der Waals surface area contributed by atoms with Crippen molar-refractivity contribution in [1.29, 1.82) is 0 Å². The smallest absolute Gasteiger partial charge is 0.295 e. The Hall–Kier alpha value is -1.38. The van der Waals surface area contributed by atoms with Crippen LogP contribution in [0.2, 0.25) is 0 Å². The fourth-order valence-electron chi connectivity index (χ4n) is 1.35. The van der Waals surface area contributed by atoms with Gasteiger partial charge in [0.1, 0.15) is 18.2 Å². The van der Waals surface area contributed by atoms with E-state index in [2.05, 4.69) is 20.7 Å². The van der Waals surface area contributed by atoms with Crippen LogP contribution in [0.1, 0.15) is 5.76 Å². The van der Waals surface area contributed by atoms with Gasteiger partial charge in [0.15, 0.2) is 0 Å². The first-order valence-corrected chi connectivity index (χ1v) is 7.37. The van der Waals surface area contributed by atoms with Gasteiger partial charge in [0.2, 0.25) is 5.09 Å². The molecule has 19 heavy (non-hydrogen) atoms. The minimum Gasteiger partial charge on any atom is -0.445 e. The lowest BCUT2D eigenvalue weighted by Gasteiger charge is -2.06. The van der Waals surface area contributed by atoms with E-state index in [0.717, 1.165) is 6.07 Å². The van der Waals surface area contributed by atoms with Gasteiger partial charge < -0.3 is 9.52 Å². The maximum atomic E-state index is 13.5. The van der Waals surface area contributed by atoms with Gasteiger partial charge in [0.25, 0.3) is 10.0 Å². The van der Waals surface area contributed by atoms with Crippen molar-refractivity contribution in [2.24, 2.45) is 0 Å².